The molecule has 0 saturated carbocycles. The van der Waals surface area contributed by atoms with Crippen molar-refractivity contribution in [1.29, 1.82) is 0 Å². The molecule has 138 valence electrons. The summed E-state index contributed by atoms with van der Waals surface area (Å²) in [6, 6.07) is 6.10. The van der Waals surface area contributed by atoms with Crippen LogP contribution in [0.2, 0.25) is 0 Å². The molecule has 3 rings (SSSR count). The van der Waals surface area contributed by atoms with Crippen molar-refractivity contribution in [1.82, 2.24) is 15.2 Å². The quantitative estimate of drug-likeness (QED) is 0.809. The highest BCUT2D eigenvalue weighted by Crippen LogP contribution is 2.15. The number of rotatable bonds is 7. The molecule has 0 radical (unpaired) electrons. The molecule has 0 aliphatic carbocycles. The number of aryl methyl sites for hydroxylation is 1. The second-order valence-corrected chi connectivity index (χ2v) is 7.41. The van der Waals surface area contributed by atoms with Gasteiger partial charge in [0.25, 0.3) is 5.91 Å². The molecular weight excluding hydrogens is 353 g/mol. The standard InChI is InChI=1S/C19H22FN3O2S/c1-2-3-17-22-16(12-26-17)19(25)21-15-10-18(24)23(11-15)9-8-13-4-6-14(20)7-5-13/h4-7,12,15H,2-3,8-11H2,1H3,(H,21,25). The first-order valence-corrected chi connectivity index (χ1v) is 9.70. The fourth-order valence-corrected chi connectivity index (χ4v) is 3.88. The molecule has 1 unspecified atom stereocenters. The number of nitrogens with zero attached hydrogens (tertiary/aromatic N) is 2. The Balaban J connectivity index is 1.50. The Morgan fingerprint density at radius 2 is 2.12 bits per heavy atom. The minimum absolute atomic E-state index is 0.0300. The first-order valence-electron chi connectivity index (χ1n) is 8.82. The Labute approximate surface area is 156 Å². The van der Waals surface area contributed by atoms with Crippen LogP contribution in [-0.2, 0) is 17.6 Å². The van der Waals surface area contributed by atoms with E-state index in [-0.39, 0.29) is 23.7 Å². The molecule has 7 heteroatoms. The first kappa shape index (κ1) is 18.5. The topological polar surface area (TPSA) is 62.3 Å². The molecule has 1 aromatic carbocycles. The van der Waals surface area contributed by atoms with Crippen LogP contribution < -0.4 is 5.32 Å². The van der Waals surface area contributed by atoms with E-state index >= 15 is 0 Å². The highest BCUT2D eigenvalue weighted by atomic mass is 32.1. The van der Waals surface area contributed by atoms with Crippen LogP contribution in [0.5, 0.6) is 0 Å². The molecule has 1 N–H and O–H groups in total. The minimum Gasteiger partial charge on any atom is -0.346 e. The zero-order chi connectivity index (χ0) is 18.5. The van der Waals surface area contributed by atoms with E-state index in [0.29, 0.717) is 31.6 Å². The fourth-order valence-electron chi connectivity index (χ4n) is 3.00. The molecule has 5 nitrogen and oxygen atoms in total. The van der Waals surface area contributed by atoms with E-state index in [4.69, 9.17) is 0 Å². The molecule has 0 spiro atoms. The molecule has 26 heavy (non-hydrogen) atoms. The predicted octanol–water partition coefficient (Wildman–Crippen LogP) is 2.81. The van der Waals surface area contributed by atoms with Crippen molar-refractivity contribution >= 4 is 23.2 Å². The number of benzene rings is 1. The van der Waals surface area contributed by atoms with Crippen LogP contribution in [-0.4, -0.2) is 40.8 Å². The number of halogens is 1. The highest BCUT2D eigenvalue weighted by molar-refractivity contribution is 7.09. The lowest BCUT2D eigenvalue weighted by molar-refractivity contribution is -0.127. The van der Waals surface area contributed by atoms with Crippen molar-refractivity contribution in [2.75, 3.05) is 13.1 Å². The second-order valence-electron chi connectivity index (χ2n) is 6.47. The number of carbonyl (C=O) groups is 2. The Bertz CT molecular complexity index is 775. The van der Waals surface area contributed by atoms with Gasteiger partial charge in [-0.25, -0.2) is 9.37 Å². The second kappa shape index (κ2) is 8.40. The number of amides is 2. The smallest absolute Gasteiger partial charge is 0.271 e. The minimum atomic E-state index is -0.266. The van der Waals surface area contributed by atoms with E-state index in [1.54, 1.807) is 22.4 Å². The van der Waals surface area contributed by atoms with Crippen molar-refractivity contribution in [2.45, 2.75) is 38.6 Å². The molecule has 2 aromatic rings. The number of likely N-dealkylation sites (tertiary alicyclic amines) is 1. The summed E-state index contributed by atoms with van der Waals surface area (Å²) in [5.74, 6) is -0.456. The summed E-state index contributed by atoms with van der Waals surface area (Å²) in [6.45, 7) is 3.14. The third-order valence-corrected chi connectivity index (χ3v) is 5.29. The van der Waals surface area contributed by atoms with Gasteiger partial charge in [-0.1, -0.05) is 19.1 Å². The van der Waals surface area contributed by atoms with E-state index in [9.17, 15) is 14.0 Å². The lowest BCUT2D eigenvalue weighted by Gasteiger charge is -2.17. The van der Waals surface area contributed by atoms with Gasteiger partial charge in [0.1, 0.15) is 11.5 Å². The zero-order valence-electron chi connectivity index (χ0n) is 14.7. The van der Waals surface area contributed by atoms with Gasteiger partial charge in [0.05, 0.1) is 11.0 Å². The summed E-state index contributed by atoms with van der Waals surface area (Å²) >= 11 is 1.49. The summed E-state index contributed by atoms with van der Waals surface area (Å²) in [6.07, 6.45) is 2.84. The highest BCUT2D eigenvalue weighted by Gasteiger charge is 2.30. The summed E-state index contributed by atoms with van der Waals surface area (Å²) in [5.41, 5.74) is 1.41. The molecular formula is C19H22FN3O2S. The summed E-state index contributed by atoms with van der Waals surface area (Å²) in [5, 5.41) is 5.64. The maximum Gasteiger partial charge on any atom is 0.271 e. The van der Waals surface area contributed by atoms with Crippen molar-refractivity contribution in [3.63, 3.8) is 0 Å². The van der Waals surface area contributed by atoms with Crippen LogP contribution in [0.15, 0.2) is 29.6 Å². The Morgan fingerprint density at radius 1 is 1.35 bits per heavy atom. The predicted molar refractivity (Wildman–Crippen MR) is 98.7 cm³/mol. The summed E-state index contributed by atoms with van der Waals surface area (Å²) in [7, 11) is 0. The Morgan fingerprint density at radius 3 is 2.85 bits per heavy atom. The van der Waals surface area contributed by atoms with Crippen LogP contribution in [0.4, 0.5) is 4.39 Å². The number of hydrogen-bond donors (Lipinski definition) is 1. The Kier molecular flexibility index (Phi) is 5.98. The maximum atomic E-state index is 12.9. The number of aromatic nitrogens is 1. The molecule has 1 aliphatic heterocycles. The van der Waals surface area contributed by atoms with E-state index in [2.05, 4.69) is 17.2 Å². The van der Waals surface area contributed by atoms with Crippen LogP contribution in [0.3, 0.4) is 0 Å². The third-order valence-electron chi connectivity index (χ3n) is 4.38. The number of hydrogen-bond acceptors (Lipinski definition) is 4. The Hall–Kier alpha value is -2.28. The van der Waals surface area contributed by atoms with Crippen molar-refractivity contribution < 1.29 is 14.0 Å². The normalized spacial score (nSPS) is 16.9. The van der Waals surface area contributed by atoms with Gasteiger partial charge in [0, 0.05) is 24.9 Å². The average molecular weight is 375 g/mol. The summed E-state index contributed by atoms with van der Waals surface area (Å²) < 4.78 is 12.9. The van der Waals surface area contributed by atoms with Crippen molar-refractivity contribution in [3.05, 3.63) is 51.7 Å². The fraction of sp³-hybridized carbons (Fsp3) is 0.421. The van der Waals surface area contributed by atoms with Crippen LogP contribution in [0.1, 0.15) is 40.8 Å². The lowest BCUT2D eigenvalue weighted by Crippen LogP contribution is -2.37. The maximum absolute atomic E-state index is 12.9. The number of carbonyl (C=O) groups excluding carboxylic acids is 2. The molecule has 0 bridgehead atoms. The third kappa shape index (κ3) is 4.66. The van der Waals surface area contributed by atoms with Gasteiger partial charge in [-0.2, -0.15) is 0 Å². The molecule has 2 heterocycles. The molecule has 1 aliphatic rings. The van der Waals surface area contributed by atoms with Gasteiger partial charge in [0.15, 0.2) is 0 Å². The molecule has 2 amide bonds. The van der Waals surface area contributed by atoms with E-state index in [0.717, 1.165) is 23.4 Å². The number of nitrogens with one attached hydrogen (secondary N) is 1. The van der Waals surface area contributed by atoms with E-state index in [1.165, 1.54) is 23.5 Å². The monoisotopic (exact) mass is 375 g/mol. The van der Waals surface area contributed by atoms with Gasteiger partial charge in [0.2, 0.25) is 5.91 Å². The first-order chi connectivity index (χ1) is 12.5. The van der Waals surface area contributed by atoms with Gasteiger partial charge >= 0.3 is 0 Å². The molecule has 1 atom stereocenters. The van der Waals surface area contributed by atoms with Crippen molar-refractivity contribution in [3.8, 4) is 0 Å². The molecule has 1 saturated heterocycles. The van der Waals surface area contributed by atoms with E-state index < -0.39 is 0 Å². The largest absolute Gasteiger partial charge is 0.346 e. The zero-order valence-corrected chi connectivity index (χ0v) is 15.5. The van der Waals surface area contributed by atoms with Gasteiger partial charge < -0.3 is 10.2 Å². The van der Waals surface area contributed by atoms with Crippen LogP contribution in [0.25, 0.3) is 0 Å². The van der Waals surface area contributed by atoms with Crippen LogP contribution in [0, 0.1) is 5.82 Å². The SMILES string of the molecule is CCCc1nc(C(=O)NC2CC(=O)N(CCc3ccc(F)cc3)C2)cs1. The van der Waals surface area contributed by atoms with Gasteiger partial charge in [-0.3, -0.25) is 9.59 Å². The van der Waals surface area contributed by atoms with E-state index in [1.807, 2.05) is 0 Å². The van der Waals surface area contributed by atoms with Crippen LogP contribution >= 0.6 is 11.3 Å². The summed E-state index contributed by atoms with van der Waals surface area (Å²) in [4.78, 5) is 30.6. The molecule has 1 fully saturated rings. The van der Waals surface area contributed by atoms with Gasteiger partial charge in [-0.15, -0.1) is 11.3 Å². The average Bonchev–Trinajstić information content (AvgIpc) is 3.21. The van der Waals surface area contributed by atoms with Gasteiger partial charge in [-0.05, 0) is 37.0 Å². The number of thiazole rings is 1. The molecule has 1 aromatic heterocycles. The lowest BCUT2D eigenvalue weighted by atomic mass is 10.1. The van der Waals surface area contributed by atoms with Crippen molar-refractivity contribution in [2.24, 2.45) is 0 Å².